The number of carboxylic acids is 1. The molecule has 3 aromatic rings. The van der Waals surface area contributed by atoms with Gasteiger partial charge in [-0.25, -0.2) is 4.39 Å². The van der Waals surface area contributed by atoms with Gasteiger partial charge in [-0.05, 0) is 67.7 Å². The maximum absolute atomic E-state index is 14.5. The van der Waals surface area contributed by atoms with Gasteiger partial charge in [0.15, 0.2) is 5.82 Å². The van der Waals surface area contributed by atoms with E-state index in [9.17, 15) is 14.3 Å². The van der Waals surface area contributed by atoms with E-state index < -0.39 is 11.8 Å². The smallest absolute Gasteiger partial charge is 0.303 e. The minimum Gasteiger partial charge on any atom is -0.487 e. The van der Waals surface area contributed by atoms with E-state index in [0.717, 1.165) is 24.1 Å². The molecule has 34 heavy (non-hydrogen) atoms. The molecule has 1 aromatic carbocycles. The van der Waals surface area contributed by atoms with Crippen molar-refractivity contribution in [3.8, 4) is 17.0 Å². The van der Waals surface area contributed by atoms with Crippen molar-refractivity contribution in [2.75, 3.05) is 0 Å². The first-order chi connectivity index (χ1) is 16.3. The van der Waals surface area contributed by atoms with E-state index in [-0.39, 0.29) is 18.9 Å². The molecule has 0 radical (unpaired) electrons. The van der Waals surface area contributed by atoms with Gasteiger partial charge in [0.25, 0.3) is 0 Å². The predicted octanol–water partition coefficient (Wildman–Crippen LogP) is 5.73. The Hall–Kier alpha value is -3.35. The molecule has 7 heteroatoms. The number of aliphatic carboxylic acids is 1. The molecule has 1 aliphatic rings. The lowest BCUT2D eigenvalue weighted by atomic mass is 9.91. The maximum atomic E-state index is 14.5. The fourth-order valence-corrected chi connectivity index (χ4v) is 4.25. The summed E-state index contributed by atoms with van der Waals surface area (Å²) in [6.07, 6.45) is 5.77. The number of ether oxygens (including phenoxy) is 1. The summed E-state index contributed by atoms with van der Waals surface area (Å²) in [5.41, 5.74) is 4.02. The van der Waals surface area contributed by atoms with Crippen molar-refractivity contribution < 1.29 is 19.0 Å². The molecular formula is C27H30FN3O3. The second-order valence-corrected chi connectivity index (χ2v) is 9.46. The van der Waals surface area contributed by atoms with Crippen LogP contribution in [-0.2, 0) is 17.8 Å². The Morgan fingerprint density at radius 2 is 2.00 bits per heavy atom. The first kappa shape index (κ1) is 23.8. The van der Waals surface area contributed by atoms with E-state index in [4.69, 9.17) is 9.72 Å². The molecule has 1 fully saturated rings. The molecule has 4 rings (SSSR count). The first-order valence-corrected chi connectivity index (χ1v) is 11.7. The number of benzene rings is 1. The number of carbonyl (C=O) groups is 1. The van der Waals surface area contributed by atoms with Crippen molar-refractivity contribution in [1.29, 1.82) is 0 Å². The van der Waals surface area contributed by atoms with E-state index in [0.29, 0.717) is 46.7 Å². The lowest BCUT2D eigenvalue weighted by Crippen LogP contribution is -2.09. The molecule has 0 spiro atoms. The standard InChI is InChI=1S/C27H30FN3O3/c1-16(2)9-25-27(23-10-17(3)29-14-24(23)28)30-13-20(31-25)15-34-21-6-4-5-19(11-21)22(12-26(32)33)18-7-8-18/h4-6,10-11,13-14,16,18,22H,7-9,12,15H2,1-3H3,(H,32,33)/t22-/m0/s1. The van der Waals surface area contributed by atoms with Crippen LogP contribution in [0.25, 0.3) is 11.3 Å². The second-order valence-electron chi connectivity index (χ2n) is 9.46. The second kappa shape index (κ2) is 10.3. The highest BCUT2D eigenvalue weighted by Crippen LogP contribution is 2.45. The zero-order chi connectivity index (χ0) is 24.2. The van der Waals surface area contributed by atoms with E-state index >= 15 is 0 Å². The molecule has 1 atom stereocenters. The number of hydrogen-bond donors (Lipinski definition) is 1. The number of aryl methyl sites for hydroxylation is 1. The minimum atomic E-state index is -0.780. The van der Waals surface area contributed by atoms with E-state index in [1.54, 1.807) is 12.3 Å². The molecule has 0 amide bonds. The number of aromatic nitrogens is 3. The Labute approximate surface area is 199 Å². The van der Waals surface area contributed by atoms with E-state index in [1.165, 1.54) is 6.20 Å². The Bertz CT molecular complexity index is 1180. The van der Waals surface area contributed by atoms with Gasteiger partial charge in [-0.3, -0.25) is 19.7 Å². The molecular weight excluding hydrogens is 433 g/mol. The number of pyridine rings is 1. The Kier molecular flexibility index (Phi) is 7.20. The van der Waals surface area contributed by atoms with Crippen LogP contribution in [0, 0.1) is 24.6 Å². The molecule has 0 bridgehead atoms. The average molecular weight is 464 g/mol. The van der Waals surface area contributed by atoms with Gasteiger partial charge < -0.3 is 9.84 Å². The first-order valence-electron chi connectivity index (χ1n) is 11.7. The van der Waals surface area contributed by atoms with Gasteiger partial charge in [-0.2, -0.15) is 0 Å². The zero-order valence-electron chi connectivity index (χ0n) is 19.8. The van der Waals surface area contributed by atoms with E-state index in [1.807, 2.05) is 31.2 Å². The normalized spacial score (nSPS) is 14.3. The highest BCUT2D eigenvalue weighted by atomic mass is 19.1. The van der Waals surface area contributed by atoms with Gasteiger partial charge >= 0.3 is 5.97 Å². The van der Waals surface area contributed by atoms with Gasteiger partial charge in [0, 0.05) is 11.3 Å². The molecule has 0 aliphatic heterocycles. The van der Waals surface area contributed by atoms with Crippen molar-refractivity contribution >= 4 is 5.97 Å². The molecule has 0 saturated heterocycles. The van der Waals surface area contributed by atoms with Crippen molar-refractivity contribution in [3.05, 3.63) is 71.2 Å². The summed E-state index contributed by atoms with van der Waals surface area (Å²) in [6, 6.07) is 9.35. The summed E-state index contributed by atoms with van der Waals surface area (Å²) < 4.78 is 20.5. The molecule has 6 nitrogen and oxygen atoms in total. The topological polar surface area (TPSA) is 85.2 Å². The Morgan fingerprint density at radius 1 is 1.21 bits per heavy atom. The van der Waals surface area contributed by atoms with Crippen LogP contribution in [0.4, 0.5) is 4.39 Å². The molecule has 178 valence electrons. The molecule has 2 aromatic heterocycles. The molecule has 1 saturated carbocycles. The minimum absolute atomic E-state index is 0.0106. The van der Waals surface area contributed by atoms with Crippen molar-refractivity contribution in [2.24, 2.45) is 11.8 Å². The van der Waals surface area contributed by atoms with Crippen LogP contribution in [0.5, 0.6) is 5.75 Å². The zero-order valence-corrected chi connectivity index (χ0v) is 19.8. The number of rotatable bonds is 10. The van der Waals surface area contributed by atoms with Crippen LogP contribution in [-0.4, -0.2) is 26.0 Å². The highest BCUT2D eigenvalue weighted by molar-refractivity contribution is 5.68. The summed E-state index contributed by atoms with van der Waals surface area (Å²) in [4.78, 5) is 24.6. The molecule has 0 unspecified atom stereocenters. The fraction of sp³-hybridized carbons (Fsp3) is 0.407. The largest absolute Gasteiger partial charge is 0.487 e. The van der Waals surface area contributed by atoms with Crippen LogP contribution in [0.1, 0.15) is 61.7 Å². The van der Waals surface area contributed by atoms with E-state index in [2.05, 4.69) is 23.8 Å². The highest BCUT2D eigenvalue weighted by Gasteiger charge is 2.33. The van der Waals surface area contributed by atoms with Crippen LogP contribution in [0.2, 0.25) is 0 Å². The van der Waals surface area contributed by atoms with Gasteiger partial charge in [-0.1, -0.05) is 26.0 Å². The van der Waals surface area contributed by atoms with Gasteiger partial charge in [0.2, 0.25) is 0 Å². The summed E-state index contributed by atoms with van der Waals surface area (Å²) >= 11 is 0. The number of carboxylic acid groups (broad SMARTS) is 1. The molecule has 1 N–H and O–H groups in total. The fourth-order valence-electron chi connectivity index (χ4n) is 4.25. The number of hydrogen-bond acceptors (Lipinski definition) is 5. The summed E-state index contributed by atoms with van der Waals surface area (Å²) in [5.74, 6) is 0.229. The van der Waals surface area contributed by atoms with Gasteiger partial charge in [0.05, 0.1) is 35.9 Å². The average Bonchev–Trinajstić information content (AvgIpc) is 3.63. The third-order valence-corrected chi connectivity index (χ3v) is 6.00. The number of nitrogens with zero attached hydrogens (tertiary/aromatic N) is 3. The lowest BCUT2D eigenvalue weighted by Gasteiger charge is -2.16. The van der Waals surface area contributed by atoms with Crippen LogP contribution in [0.3, 0.4) is 0 Å². The SMILES string of the molecule is Cc1cc(-c2ncc(COc3cccc([C@@H](CC(=O)O)C4CC4)c3)nc2CC(C)C)c(F)cn1. The lowest BCUT2D eigenvalue weighted by molar-refractivity contribution is -0.137. The van der Waals surface area contributed by atoms with Crippen molar-refractivity contribution in [3.63, 3.8) is 0 Å². The van der Waals surface area contributed by atoms with Crippen molar-refractivity contribution in [1.82, 2.24) is 15.0 Å². The monoisotopic (exact) mass is 463 g/mol. The maximum Gasteiger partial charge on any atom is 0.303 e. The quantitative estimate of drug-likeness (QED) is 0.413. The number of halogens is 1. The van der Waals surface area contributed by atoms with Crippen LogP contribution in [0.15, 0.2) is 42.7 Å². The van der Waals surface area contributed by atoms with Gasteiger partial charge in [0.1, 0.15) is 12.4 Å². The Morgan fingerprint density at radius 3 is 2.71 bits per heavy atom. The third-order valence-electron chi connectivity index (χ3n) is 6.00. The third kappa shape index (κ3) is 5.95. The summed E-state index contributed by atoms with van der Waals surface area (Å²) in [6.45, 7) is 6.20. The summed E-state index contributed by atoms with van der Waals surface area (Å²) in [5, 5.41) is 9.30. The van der Waals surface area contributed by atoms with Gasteiger partial charge in [-0.15, -0.1) is 0 Å². The molecule has 1 aliphatic carbocycles. The molecule has 2 heterocycles. The predicted molar refractivity (Wildman–Crippen MR) is 127 cm³/mol. The van der Waals surface area contributed by atoms with Crippen LogP contribution >= 0.6 is 0 Å². The Balaban J connectivity index is 1.54. The van der Waals surface area contributed by atoms with Crippen LogP contribution < -0.4 is 4.74 Å². The van der Waals surface area contributed by atoms with Crippen molar-refractivity contribution in [2.45, 2.75) is 59.0 Å². The summed E-state index contributed by atoms with van der Waals surface area (Å²) in [7, 11) is 0.